The third-order valence-electron chi connectivity index (χ3n) is 3.92. The van der Waals surface area contributed by atoms with Crippen LogP contribution in [0.25, 0.3) is 0 Å². The van der Waals surface area contributed by atoms with E-state index in [0.717, 1.165) is 17.7 Å². The molecule has 0 aliphatic carbocycles. The largest absolute Gasteiger partial charge is 0.459 e. The van der Waals surface area contributed by atoms with Gasteiger partial charge in [-0.3, -0.25) is 4.79 Å². The van der Waals surface area contributed by atoms with Crippen molar-refractivity contribution >= 4 is 34.8 Å². The van der Waals surface area contributed by atoms with E-state index in [2.05, 4.69) is 5.16 Å². The van der Waals surface area contributed by atoms with Crippen LogP contribution in [-0.2, 0) is 4.84 Å². The van der Waals surface area contributed by atoms with Crippen LogP contribution in [0.1, 0.15) is 35.9 Å². The van der Waals surface area contributed by atoms with Crippen LogP contribution < -0.4 is 0 Å². The van der Waals surface area contributed by atoms with Gasteiger partial charge in [0.2, 0.25) is 0 Å². The standard InChI is InChI=1S/C18H18Cl2N2O3/c1-2-7-22(18(23)17-4-3-8-24-17)11-13-10-16(21-25-13)12-5-6-14(19)15(20)9-12/h3-6,8-9,13H,2,7,10-11H2,1H3/t13-/m0/s1. The number of carbonyl (C=O) groups is 1. The number of hydrogen-bond donors (Lipinski definition) is 0. The van der Waals surface area contributed by atoms with E-state index in [-0.39, 0.29) is 12.0 Å². The zero-order valence-corrected chi connectivity index (χ0v) is 15.3. The molecule has 3 rings (SSSR count). The Morgan fingerprint density at radius 1 is 1.32 bits per heavy atom. The first kappa shape index (κ1) is 17.8. The molecular weight excluding hydrogens is 363 g/mol. The lowest BCUT2D eigenvalue weighted by atomic mass is 10.0. The number of halogens is 2. The molecule has 0 unspecified atom stereocenters. The van der Waals surface area contributed by atoms with Gasteiger partial charge in [0.25, 0.3) is 5.91 Å². The minimum atomic E-state index is -0.199. The SMILES string of the molecule is CCCN(C[C@@H]1CC(c2ccc(Cl)c(Cl)c2)=NO1)C(=O)c1ccco1. The molecule has 25 heavy (non-hydrogen) atoms. The van der Waals surface area contributed by atoms with Crippen molar-refractivity contribution in [2.24, 2.45) is 5.16 Å². The normalized spacial score (nSPS) is 16.4. The molecule has 7 heteroatoms. The second-order valence-electron chi connectivity index (χ2n) is 5.83. The van der Waals surface area contributed by atoms with Crippen molar-refractivity contribution in [3.63, 3.8) is 0 Å². The van der Waals surface area contributed by atoms with E-state index in [0.29, 0.717) is 35.3 Å². The average Bonchev–Trinajstić information content (AvgIpc) is 3.28. The van der Waals surface area contributed by atoms with Crippen LogP contribution >= 0.6 is 23.2 Å². The maximum atomic E-state index is 12.5. The summed E-state index contributed by atoms with van der Waals surface area (Å²) in [6.07, 6.45) is 2.74. The van der Waals surface area contributed by atoms with Gasteiger partial charge in [0.1, 0.15) is 0 Å². The highest BCUT2D eigenvalue weighted by Crippen LogP contribution is 2.26. The van der Waals surface area contributed by atoms with Gasteiger partial charge in [-0.05, 0) is 30.7 Å². The van der Waals surface area contributed by atoms with E-state index in [9.17, 15) is 4.79 Å². The molecule has 1 atom stereocenters. The second kappa shape index (κ2) is 7.93. The third kappa shape index (κ3) is 4.17. The monoisotopic (exact) mass is 380 g/mol. The van der Waals surface area contributed by atoms with Gasteiger partial charge in [0, 0.05) is 18.5 Å². The van der Waals surface area contributed by atoms with Crippen LogP contribution in [-0.4, -0.2) is 35.7 Å². The lowest BCUT2D eigenvalue weighted by Crippen LogP contribution is -2.38. The number of oxime groups is 1. The number of rotatable bonds is 6. The summed E-state index contributed by atoms with van der Waals surface area (Å²) < 4.78 is 5.21. The van der Waals surface area contributed by atoms with Crippen molar-refractivity contribution in [3.8, 4) is 0 Å². The molecule has 5 nitrogen and oxygen atoms in total. The fourth-order valence-corrected chi connectivity index (χ4v) is 3.02. The Bertz CT molecular complexity index is 775. The maximum Gasteiger partial charge on any atom is 0.289 e. The minimum Gasteiger partial charge on any atom is -0.459 e. The summed E-state index contributed by atoms with van der Waals surface area (Å²) in [5.41, 5.74) is 1.67. The zero-order valence-electron chi connectivity index (χ0n) is 13.7. The van der Waals surface area contributed by atoms with Crippen LogP contribution in [0.4, 0.5) is 0 Å². The quantitative estimate of drug-likeness (QED) is 0.733. The molecule has 0 fully saturated rings. The lowest BCUT2D eigenvalue weighted by molar-refractivity contribution is 0.0405. The Morgan fingerprint density at radius 2 is 2.16 bits per heavy atom. The maximum absolute atomic E-state index is 12.5. The van der Waals surface area contributed by atoms with Crippen molar-refractivity contribution < 1.29 is 14.0 Å². The molecule has 2 aromatic rings. The summed E-state index contributed by atoms with van der Waals surface area (Å²) >= 11 is 12.0. The van der Waals surface area contributed by atoms with Crippen molar-refractivity contribution in [3.05, 3.63) is 58.0 Å². The first-order valence-corrected chi connectivity index (χ1v) is 8.85. The van der Waals surface area contributed by atoms with Gasteiger partial charge in [-0.2, -0.15) is 0 Å². The fourth-order valence-electron chi connectivity index (χ4n) is 2.72. The molecule has 0 spiro atoms. The molecule has 2 heterocycles. The van der Waals surface area contributed by atoms with Crippen LogP contribution in [0.5, 0.6) is 0 Å². The number of furan rings is 1. The summed E-state index contributed by atoms with van der Waals surface area (Å²) in [4.78, 5) is 19.8. The van der Waals surface area contributed by atoms with Crippen molar-refractivity contribution in [2.75, 3.05) is 13.1 Å². The molecule has 0 saturated heterocycles. The van der Waals surface area contributed by atoms with Gasteiger partial charge in [0.15, 0.2) is 11.9 Å². The number of nitrogens with zero attached hydrogens (tertiary/aromatic N) is 2. The Kier molecular flexibility index (Phi) is 5.66. The molecule has 1 aliphatic rings. The molecule has 0 saturated carbocycles. The van der Waals surface area contributed by atoms with E-state index < -0.39 is 0 Å². The second-order valence-corrected chi connectivity index (χ2v) is 6.64. The molecule has 1 aliphatic heterocycles. The molecule has 1 aromatic carbocycles. The molecule has 1 aromatic heterocycles. The lowest BCUT2D eigenvalue weighted by Gasteiger charge is -2.23. The van der Waals surface area contributed by atoms with Gasteiger partial charge >= 0.3 is 0 Å². The number of benzene rings is 1. The summed E-state index contributed by atoms with van der Waals surface area (Å²) in [6.45, 7) is 3.10. The highest BCUT2D eigenvalue weighted by molar-refractivity contribution is 6.42. The zero-order chi connectivity index (χ0) is 17.8. The minimum absolute atomic E-state index is 0.140. The smallest absolute Gasteiger partial charge is 0.289 e. The highest BCUT2D eigenvalue weighted by atomic mass is 35.5. The van der Waals surface area contributed by atoms with Crippen LogP contribution in [0.2, 0.25) is 10.0 Å². The van der Waals surface area contributed by atoms with E-state index in [1.54, 1.807) is 29.2 Å². The van der Waals surface area contributed by atoms with Gasteiger partial charge in [-0.1, -0.05) is 41.3 Å². The molecule has 0 radical (unpaired) electrons. The van der Waals surface area contributed by atoms with E-state index >= 15 is 0 Å². The fraction of sp³-hybridized carbons (Fsp3) is 0.333. The Hall–Kier alpha value is -1.98. The number of hydrogen-bond acceptors (Lipinski definition) is 4. The van der Waals surface area contributed by atoms with Gasteiger partial charge < -0.3 is 14.2 Å². The van der Waals surface area contributed by atoms with Gasteiger partial charge in [-0.25, -0.2) is 0 Å². The molecular formula is C18H18Cl2N2O3. The van der Waals surface area contributed by atoms with E-state index in [1.807, 2.05) is 13.0 Å². The summed E-state index contributed by atoms with van der Waals surface area (Å²) in [5, 5.41) is 5.12. The van der Waals surface area contributed by atoms with Crippen LogP contribution in [0.3, 0.4) is 0 Å². The first-order valence-electron chi connectivity index (χ1n) is 8.09. The Labute approximate surface area is 156 Å². The van der Waals surface area contributed by atoms with Crippen LogP contribution in [0.15, 0.2) is 46.2 Å². The predicted molar refractivity (Wildman–Crippen MR) is 97.4 cm³/mol. The summed E-state index contributed by atoms with van der Waals surface area (Å²) in [6, 6.07) is 8.73. The molecule has 132 valence electrons. The predicted octanol–water partition coefficient (Wildman–Crippen LogP) is 4.63. The molecule has 0 N–H and O–H groups in total. The molecule has 0 bridgehead atoms. The summed E-state index contributed by atoms with van der Waals surface area (Å²) in [7, 11) is 0. The van der Waals surface area contributed by atoms with Crippen molar-refractivity contribution in [1.82, 2.24) is 4.90 Å². The van der Waals surface area contributed by atoms with Crippen molar-refractivity contribution in [2.45, 2.75) is 25.9 Å². The van der Waals surface area contributed by atoms with E-state index in [1.165, 1.54) is 6.26 Å². The average molecular weight is 381 g/mol. The van der Waals surface area contributed by atoms with Crippen LogP contribution in [0, 0.1) is 0 Å². The third-order valence-corrected chi connectivity index (χ3v) is 4.66. The number of amides is 1. The molecule has 1 amide bonds. The topological polar surface area (TPSA) is 55.0 Å². The van der Waals surface area contributed by atoms with E-state index in [4.69, 9.17) is 32.5 Å². The summed E-state index contributed by atoms with van der Waals surface area (Å²) in [5.74, 6) is 0.190. The highest BCUT2D eigenvalue weighted by Gasteiger charge is 2.28. The Morgan fingerprint density at radius 3 is 2.84 bits per heavy atom. The van der Waals surface area contributed by atoms with Crippen molar-refractivity contribution in [1.29, 1.82) is 0 Å². The first-order chi connectivity index (χ1) is 12.1. The number of carbonyl (C=O) groups excluding carboxylic acids is 1. The Balaban J connectivity index is 1.65. The van der Waals surface area contributed by atoms with Gasteiger partial charge in [-0.15, -0.1) is 0 Å². The van der Waals surface area contributed by atoms with Gasteiger partial charge in [0.05, 0.1) is 28.6 Å².